The largest absolute Gasteiger partial charge is 0.365 e. The minimum absolute atomic E-state index is 0.00658. The molecular weight excluding hydrogens is 458 g/mol. The fourth-order valence-corrected chi connectivity index (χ4v) is 4.74. The molecular formula is C25H39N9O2. The number of imidazole rings is 1. The summed E-state index contributed by atoms with van der Waals surface area (Å²) in [7, 11) is 3.93. The van der Waals surface area contributed by atoms with Gasteiger partial charge in [-0.05, 0) is 54.1 Å². The van der Waals surface area contributed by atoms with E-state index in [4.69, 9.17) is 0 Å². The number of likely N-dealkylation sites (N-methyl/N-ethyl adjacent to an activating group) is 1. The number of piperidine rings is 1. The van der Waals surface area contributed by atoms with Crippen molar-refractivity contribution in [1.29, 1.82) is 0 Å². The van der Waals surface area contributed by atoms with Gasteiger partial charge in [0.05, 0.1) is 6.33 Å². The van der Waals surface area contributed by atoms with Crippen LogP contribution in [0.25, 0.3) is 11.2 Å². The average Bonchev–Trinajstić information content (AvgIpc) is 3.46. The first kappa shape index (κ1) is 25.9. The number of rotatable bonds is 7. The molecule has 0 saturated carbocycles. The van der Waals surface area contributed by atoms with Crippen LogP contribution in [0.2, 0.25) is 0 Å². The Balaban J connectivity index is 1.26. The summed E-state index contributed by atoms with van der Waals surface area (Å²) in [6.07, 6.45) is 7.75. The first-order valence-corrected chi connectivity index (χ1v) is 12.8. The highest BCUT2D eigenvalue weighted by atomic mass is 16.2. The molecule has 2 aliphatic heterocycles. The van der Waals surface area contributed by atoms with Gasteiger partial charge >= 0.3 is 6.03 Å². The molecule has 11 heteroatoms. The number of aromatic nitrogens is 4. The Hall–Kier alpha value is -3.21. The minimum Gasteiger partial charge on any atom is -0.365 e. The molecule has 0 radical (unpaired) electrons. The third-order valence-corrected chi connectivity index (χ3v) is 6.77. The van der Waals surface area contributed by atoms with Crippen LogP contribution in [0.5, 0.6) is 0 Å². The van der Waals surface area contributed by atoms with Gasteiger partial charge in [0.2, 0.25) is 5.91 Å². The Labute approximate surface area is 212 Å². The predicted molar refractivity (Wildman–Crippen MR) is 140 cm³/mol. The molecule has 196 valence electrons. The van der Waals surface area contributed by atoms with Crippen molar-refractivity contribution < 1.29 is 9.59 Å². The highest BCUT2D eigenvalue weighted by Gasteiger charge is 2.29. The molecule has 1 atom stereocenters. The topological polar surface area (TPSA) is 112 Å². The lowest BCUT2D eigenvalue weighted by Gasteiger charge is -2.33. The molecule has 2 aliphatic rings. The molecule has 0 bridgehead atoms. The summed E-state index contributed by atoms with van der Waals surface area (Å²) in [6, 6.07) is 0.424. The molecule has 36 heavy (non-hydrogen) atoms. The first-order valence-electron chi connectivity index (χ1n) is 12.8. The van der Waals surface area contributed by atoms with Gasteiger partial charge in [-0.25, -0.2) is 19.7 Å². The Morgan fingerprint density at radius 2 is 1.81 bits per heavy atom. The van der Waals surface area contributed by atoms with Crippen molar-refractivity contribution in [2.24, 2.45) is 0 Å². The van der Waals surface area contributed by atoms with Gasteiger partial charge in [-0.3, -0.25) is 4.79 Å². The molecule has 2 saturated heterocycles. The van der Waals surface area contributed by atoms with Gasteiger partial charge in [-0.1, -0.05) is 6.08 Å². The zero-order chi connectivity index (χ0) is 25.8. The van der Waals surface area contributed by atoms with E-state index in [1.807, 2.05) is 43.2 Å². The summed E-state index contributed by atoms with van der Waals surface area (Å²) in [6.45, 7) is 9.40. The molecule has 2 aromatic heterocycles. The van der Waals surface area contributed by atoms with Crippen LogP contribution < -0.4 is 10.6 Å². The highest BCUT2D eigenvalue weighted by molar-refractivity contribution is 5.88. The molecule has 2 aromatic rings. The van der Waals surface area contributed by atoms with Crippen molar-refractivity contribution in [3.8, 4) is 0 Å². The highest BCUT2D eigenvalue weighted by Crippen LogP contribution is 2.24. The zero-order valence-electron chi connectivity index (χ0n) is 22.1. The summed E-state index contributed by atoms with van der Waals surface area (Å²) < 4.78 is 2.06. The number of hydrogen-bond acceptors (Lipinski definition) is 7. The van der Waals surface area contributed by atoms with Crippen LogP contribution in [0.4, 0.5) is 10.6 Å². The lowest BCUT2D eigenvalue weighted by Crippen LogP contribution is -2.50. The third kappa shape index (κ3) is 6.13. The maximum Gasteiger partial charge on any atom is 0.317 e. The number of urea groups is 1. The van der Waals surface area contributed by atoms with Crippen LogP contribution in [-0.4, -0.2) is 105 Å². The number of aryl methyl sites for hydroxylation is 1. The minimum atomic E-state index is -0.0492. The van der Waals surface area contributed by atoms with E-state index in [1.165, 1.54) is 0 Å². The van der Waals surface area contributed by atoms with E-state index in [1.54, 1.807) is 11.0 Å². The van der Waals surface area contributed by atoms with Crippen LogP contribution >= 0.6 is 0 Å². The van der Waals surface area contributed by atoms with E-state index >= 15 is 0 Å². The van der Waals surface area contributed by atoms with Gasteiger partial charge in [-0.2, -0.15) is 0 Å². The van der Waals surface area contributed by atoms with Crippen molar-refractivity contribution in [2.45, 2.75) is 58.2 Å². The molecule has 0 unspecified atom stereocenters. The maximum absolute atomic E-state index is 12.9. The number of amides is 3. The van der Waals surface area contributed by atoms with Crippen molar-refractivity contribution >= 4 is 28.9 Å². The van der Waals surface area contributed by atoms with E-state index in [0.717, 1.165) is 42.8 Å². The number of likely N-dealkylation sites (tertiary alicyclic amines) is 2. The number of carbonyl (C=O) groups excluding carboxylic acids is 2. The van der Waals surface area contributed by atoms with E-state index in [0.29, 0.717) is 32.0 Å². The lowest BCUT2D eigenvalue weighted by molar-refractivity contribution is -0.125. The van der Waals surface area contributed by atoms with E-state index in [9.17, 15) is 9.59 Å². The Morgan fingerprint density at radius 3 is 2.50 bits per heavy atom. The smallest absolute Gasteiger partial charge is 0.317 e. The van der Waals surface area contributed by atoms with Crippen LogP contribution in [-0.2, 0) is 4.79 Å². The average molecular weight is 498 g/mol. The second-order valence-corrected chi connectivity index (χ2v) is 10.3. The van der Waals surface area contributed by atoms with Gasteiger partial charge in [0, 0.05) is 56.9 Å². The number of hydrogen-bond donors (Lipinski definition) is 2. The van der Waals surface area contributed by atoms with Gasteiger partial charge in [-0.15, -0.1) is 0 Å². The third-order valence-electron chi connectivity index (χ3n) is 6.77. The van der Waals surface area contributed by atoms with Crippen molar-refractivity contribution in [2.75, 3.05) is 52.1 Å². The number of carbonyl (C=O) groups is 2. The molecule has 0 aliphatic carbocycles. The number of anilines is 1. The standard InChI is InChI=1S/C25H39N9O2/c1-17(2)34-16-26-22-23(27-18(3)28-24(22)34)29-19-8-12-32(13-9-19)25(36)30-20-10-14-33(15-20)21(35)7-6-11-31(4)5/h6-7,16-17,19-20H,8-15H2,1-5H3,(H,30,36)(H,27,28,29)/b7-6+/t20-/m1/s1. The molecule has 3 amide bonds. The van der Waals surface area contributed by atoms with E-state index in [2.05, 4.69) is 44.0 Å². The summed E-state index contributed by atoms with van der Waals surface area (Å²) in [4.78, 5) is 44.7. The second-order valence-electron chi connectivity index (χ2n) is 10.3. The molecule has 4 heterocycles. The summed E-state index contributed by atoms with van der Waals surface area (Å²) in [5, 5.41) is 6.68. The van der Waals surface area contributed by atoms with Gasteiger partial charge in [0.15, 0.2) is 11.5 Å². The zero-order valence-corrected chi connectivity index (χ0v) is 22.1. The Kier molecular flexibility index (Phi) is 8.07. The van der Waals surface area contributed by atoms with Crippen LogP contribution in [0, 0.1) is 6.92 Å². The normalized spacial score (nSPS) is 19.2. The second kappa shape index (κ2) is 11.2. The fourth-order valence-electron chi connectivity index (χ4n) is 4.74. The van der Waals surface area contributed by atoms with Crippen molar-refractivity contribution in [3.63, 3.8) is 0 Å². The summed E-state index contributed by atoms with van der Waals surface area (Å²) in [5.74, 6) is 1.48. The maximum atomic E-state index is 12.9. The number of nitrogens with zero attached hydrogens (tertiary/aromatic N) is 7. The number of fused-ring (bicyclic) bond motifs is 1. The van der Waals surface area contributed by atoms with Gasteiger partial charge < -0.3 is 29.9 Å². The number of nitrogens with one attached hydrogen (secondary N) is 2. The quantitative estimate of drug-likeness (QED) is 0.563. The predicted octanol–water partition coefficient (Wildman–Crippen LogP) is 2.02. The van der Waals surface area contributed by atoms with Gasteiger partial charge in [0.1, 0.15) is 11.3 Å². The SMILES string of the molecule is Cc1nc(NC2CCN(C(=O)N[C@@H]3CCN(C(=O)/C=C/CN(C)C)C3)CC2)c2ncn(C(C)C)c2n1. The molecule has 4 rings (SSSR count). The van der Waals surface area contributed by atoms with Crippen LogP contribution in [0.1, 0.15) is 45.0 Å². The fraction of sp³-hybridized carbons (Fsp3) is 0.640. The summed E-state index contributed by atoms with van der Waals surface area (Å²) in [5.41, 5.74) is 1.63. The Bertz CT molecular complexity index is 1100. The molecule has 11 nitrogen and oxygen atoms in total. The molecule has 2 fully saturated rings. The molecule has 2 N–H and O–H groups in total. The van der Waals surface area contributed by atoms with E-state index in [-0.39, 0.29) is 30.1 Å². The Morgan fingerprint density at radius 1 is 1.11 bits per heavy atom. The monoisotopic (exact) mass is 497 g/mol. The molecule has 0 spiro atoms. The van der Waals surface area contributed by atoms with Crippen LogP contribution in [0.15, 0.2) is 18.5 Å². The van der Waals surface area contributed by atoms with Crippen LogP contribution in [0.3, 0.4) is 0 Å². The molecule has 0 aromatic carbocycles. The van der Waals surface area contributed by atoms with E-state index < -0.39 is 0 Å². The summed E-state index contributed by atoms with van der Waals surface area (Å²) >= 11 is 0. The lowest BCUT2D eigenvalue weighted by atomic mass is 10.1. The van der Waals surface area contributed by atoms with Gasteiger partial charge in [0.25, 0.3) is 0 Å². The first-order chi connectivity index (χ1) is 17.2. The van der Waals surface area contributed by atoms with Crippen molar-refractivity contribution in [3.05, 3.63) is 24.3 Å². The van der Waals surface area contributed by atoms with Crippen molar-refractivity contribution in [1.82, 2.24) is 39.5 Å².